The van der Waals surface area contributed by atoms with Crippen molar-refractivity contribution in [3.63, 3.8) is 0 Å². The van der Waals surface area contributed by atoms with Crippen molar-refractivity contribution in [2.75, 3.05) is 20.3 Å². The van der Waals surface area contributed by atoms with E-state index < -0.39 is 5.54 Å². The summed E-state index contributed by atoms with van der Waals surface area (Å²) in [4.78, 5) is 11.8. The Kier molecular flexibility index (Phi) is 5.82. The Morgan fingerprint density at radius 1 is 1.39 bits per heavy atom. The highest BCUT2D eigenvalue weighted by molar-refractivity contribution is 5.85. The molecule has 0 saturated carbocycles. The number of hydrogen-bond acceptors (Lipinski definition) is 3. The van der Waals surface area contributed by atoms with Gasteiger partial charge < -0.3 is 15.8 Å². The van der Waals surface area contributed by atoms with Crippen LogP contribution >= 0.6 is 0 Å². The second-order valence-electron chi connectivity index (χ2n) is 4.38. The maximum Gasteiger partial charge on any atom is 0.238 e. The maximum atomic E-state index is 11.8. The third kappa shape index (κ3) is 3.82. The number of carbonyl (C=O) groups excluding carboxylic acids is 1. The lowest BCUT2D eigenvalue weighted by Crippen LogP contribution is -2.57. The van der Waals surface area contributed by atoms with Gasteiger partial charge in [0, 0.05) is 13.7 Å². The normalized spacial score (nSPS) is 14.1. The van der Waals surface area contributed by atoms with Crippen LogP contribution in [-0.4, -0.2) is 31.7 Å². The first kappa shape index (κ1) is 14.7. The van der Waals surface area contributed by atoms with Gasteiger partial charge in [-0.25, -0.2) is 0 Å². The summed E-state index contributed by atoms with van der Waals surface area (Å²) < 4.78 is 5.00. The lowest BCUT2D eigenvalue weighted by molar-refractivity contribution is -0.124. The first-order valence-electron chi connectivity index (χ1n) is 6.22. The Morgan fingerprint density at radius 3 is 2.56 bits per heavy atom. The molecule has 0 spiro atoms. The fourth-order valence-electron chi connectivity index (χ4n) is 2.00. The molecule has 18 heavy (non-hydrogen) atoms. The fourth-order valence-corrected chi connectivity index (χ4v) is 2.00. The molecule has 1 unspecified atom stereocenters. The Labute approximate surface area is 109 Å². The van der Waals surface area contributed by atoms with E-state index in [0.717, 1.165) is 5.56 Å². The third-order valence-corrected chi connectivity index (χ3v) is 3.19. The van der Waals surface area contributed by atoms with Crippen LogP contribution in [0.5, 0.6) is 0 Å². The summed E-state index contributed by atoms with van der Waals surface area (Å²) in [7, 11) is 1.64. The average Bonchev–Trinajstić information content (AvgIpc) is 2.38. The van der Waals surface area contributed by atoms with Gasteiger partial charge in [-0.05, 0) is 18.4 Å². The first-order valence-corrected chi connectivity index (χ1v) is 6.22. The zero-order valence-electron chi connectivity index (χ0n) is 11.1. The van der Waals surface area contributed by atoms with Crippen LogP contribution in [0.2, 0.25) is 0 Å². The predicted molar refractivity (Wildman–Crippen MR) is 72.2 cm³/mol. The second kappa shape index (κ2) is 7.13. The number of benzene rings is 1. The van der Waals surface area contributed by atoms with Gasteiger partial charge in [0.25, 0.3) is 0 Å². The topological polar surface area (TPSA) is 64.3 Å². The van der Waals surface area contributed by atoms with Gasteiger partial charge >= 0.3 is 0 Å². The number of methoxy groups -OCH3 is 1. The molecule has 1 atom stereocenters. The molecule has 100 valence electrons. The van der Waals surface area contributed by atoms with E-state index in [2.05, 4.69) is 5.32 Å². The van der Waals surface area contributed by atoms with Gasteiger partial charge in [-0.2, -0.15) is 0 Å². The van der Waals surface area contributed by atoms with E-state index in [4.69, 9.17) is 10.5 Å². The molecule has 3 N–H and O–H groups in total. The zero-order valence-corrected chi connectivity index (χ0v) is 11.1. The quantitative estimate of drug-likeness (QED) is 0.679. The summed E-state index contributed by atoms with van der Waals surface area (Å²) >= 11 is 0. The van der Waals surface area contributed by atoms with Gasteiger partial charge in [-0.15, -0.1) is 0 Å². The molecule has 0 aliphatic carbocycles. The van der Waals surface area contributed by atoms with Crippen molar-refractivity contribution in [1.29, 1.82) is 0 Å². The molecule has 0 heterocycles. The molecule has 0 radical (unpaired) electrons. The van der Waals surface area contributed by atoms with Crippen molar-refractivity contribution in [1.82, 2.24) is 5.32 Å². The minimum absolute atomic E-state index is 0.315. The largest absolute Gasteiger partial charge is 0.383 e. The lowest BCUT2D eigenvalue weighted by Gasteiger charge is -2.31. The van der Waals surface area contributed by atoms with Crippen LogP contribution in [0.1, 0.15) is 18.9 Å². The van der Waals surface area contributed by atoms with E-state index in [1.165, 1.54) is 0 Å². The molecule has 0 aromatic heterocycles. The van der Waals surface area contributed by atoms with Crippen molar-refractivity contribution in [2.45, 2.75) is 25.3 Å². The Morgan fingerprint density at radius 2 is 2.06 bits per heavy atom. The Balaban J connectivity index is 2.79. The summed E-state index contributed by atoms with van der Waals surface area (Å²) in [5.74, 6) is -0.315. The minimum Gasteiger partial charge on any atom is -0.383 e. The van der Waals surface area contributed by atoms with E-state index in [-0.39, 0.29) is 5.91 Å². The molecule has 1 aromatic rings. The third-order valence-electron chi connectivity index (χ3n) is 3.19. The summed E-state index contributed by atoms with van der Waals surface area (Å²) in [5, 5.41) is 3.23. The van der Waals surface area contributed by atoms with Crippen LogP contribution < -0.4 is 11.1 Å². The zero-order chi connectivity index (χ0) is 13.4. The smallest absolute Gasteiger partial charge is 0.238 e. The molecule has 1 rings (SSSR count). The Bertz CT molecular complexity index is 367. The van der Waals surface area contributed by atoms with Crippen molar-refractivity contribution in [2.24, 2.45) is 5.73 Å². The van der Waals surface area contributed by atoms with E-state index in [0.29, 0.717) is 26.0 Å². The van der Waals surface area contributed by atoms with E-state index in [1.807, 2.05) is 37.3 Å². The van der Waals surface area contributed by atoms with E-state index >= 15 is 0 Å². The first-order chi connectivity index (χ1) is 8.64. The van der Waals surface area contributed by atoms with Gasteiger partial charge in [0.2, 0.25) is 5.91 Å². The van der Waals surface area contributed by atoms with Crippen molar-refractivity contribution in [3.05, 3.63) is 35.9 Å². The number of carbonyl (C=O) groups is 1. The molecule has 0 bridgehead atoms. The highest BCUT2D eigenvalue weighted by Crippen LogP contribution is 2.17. The van der Waals surface area contributed by atoms with Gasteiger partial charge in [0.15, 0.2) is 0 Å². The van der Waals surface area contributed by atoms with Crippen LogP contribution in [0.25, 0.3) is 0 Å². The van der Waals surface area contributed by atoms with Crippen molar-refractivity contribution in [3.8, 4) is 0 Å². The van der Waals surface area contributed by atoms with Crippen molar-refractivity contribution >= 4 is 5.91 Å². The predicted octanol–water partition coefficient (Wildman–Crippen LogP) is 1.10. The van der Waals surface area contributed by atoms with Gasteiger partial charge in [0.1, 0.15) is 5.54 Å². The number of nitrogens with one attached hydrogen (secondary N) is 1. The highest BCUT2D eigenvalue weighted by atomic mass is 16.5. The van der Waals surface area contributed by atoms with E-state index in [9.17, 15) is 4.79 Å². The number of rotatable bonds is 8. The summed E-state index contributed by atoms with van der Waals surface area (Å²) in [6.45, 7) is 3.14. The Hall–Kier alpha value is -1.39. The maximum absolute atomic E-state index is 11.8. The summed E-state index contributed by atoms with van der Waals surface area (Å²) in [6, 6.07) is 9.90. The van der Waals surface area contributed by atoms with Crippen LogP contribution in [0.4, 0.5) is 0 Å². The molecule has 0 aliphatic heterocycles. The minimum atomic E-state index is -0.695. The van der Waals surface area contributed by atoms with Gasteiger partial charge in [-0.1, -0.05) is 37.3 Å². The molecule has 0 saturated heterocycles. The number of nitrogens with two attached hydrogens (primary N) is 1. The second-order valence-corrected chi connectivity index (χ2v) is 4.38. The monoisotopic (exact) mass is 250 g/mol. The van der Waals surface area contributed by atoms with Crippen LogP contribution in [0.3, 0.4) is 0 Å². The SMILES string of the molecule is CCC(Cc1ccccc1)(NCCOC)C(N)=O. The van der Waals surface area contributed by atoms with Crippen molar-refractivity contribution < 1.29 is 9.53 Å². The number of amides is 1. The number of ether oxygens (including phenoxy) is 1. The number of hydrogen-bond donors (Lipinski definition) is 2. The molecular weight excluding hydrogens is 228 g/mol. The molecule has 1 amide bonds. The highest BCUT2D eigenvalue weighted by Gasteiger charge is 2.34. The van der Waals surface area contributed by atoms with Crippen LogP contribution in [-0.2, 0) is 16.0 Å². The molecule has 4 heteroatoms. The fraction of sp³-hybridized carbons (Fsp3) is 0.500. The summed E-state index contributed by atoms with van der Waals surface area (Å²) in [5.41, 5.74) is 5.98. The van der Waals surface area contributed by atoms with Gasteiger partial charge in [0.05, 0.1) is 6.61 Å². The summed E-state index contributed by atoms with van der Waals surface area (Å²) in [6.07, 6.45) is 1.25. The van der Waals surface area contributed by atoms with Crippen LogP contribution in [0, 0.1) is 0 Å². The average molecular weight is 250 g/mol. The molecular formula is C14H22N2O2. The van der Waals surface area contributed by atoms with Gasteiger partial charge in [-0.3, -0.25) is 4.79 Å². The molecule has 1 aromatic carbocycles. The van der Waals surface area contributed by atoms with E-state index in [1.54, 1.807) is 7.11 Å². The number of primary amides is 1. The molecule has 0 fully saturated rings. The lowest BCUT2D eigenvalue weighted by atomic mass is 9.87. The molecule has 0 aliphatic rings. The van der Waals surface area contributed by atoms with Crippen LogP contribution in [0.15, 0.2) is 30.3 Å². The standard InChI is InChI=1S/C14H22N2O2/c1-3-14(13(15)17,16-9-10-18-2)11-12-7-5-4-6-8-12/h4-8,16H,3,9-11H2,1-2H3,(H2,15,17). The molecule has 4 nitrogen and oxygen atoms in total.